The summed E-state index contributed by atoms with van der Waals surface area (Å²) >= 11 is 0. The van der Waals surface area contributed by atoms with Crippen LogP contribution >= 0.6 is 0 Å². The van der Waals surface area contributed by atoms with Gasteiger partial charge in [-0.1, -0.05) is 0 Å². The molecule has 0 fully saturated rings. The standard InChI is InChI=1S/C10H15FN2O4S2/c1-7(6-12)13-19(16,17)8-3-4-10(9(11)5-8)18(2,14)15/h3-5,7,13H,6,12H2,1-2H3/t7-/m0/s1. The summed E-state index contributed by atoms with van der Waals surface area (Å²) in [5.41, 5.74) is 5.29. The minimum Gasteiger partial charge on any atom is -0.329 e. The number of rotatable bonds is 5. The van der Waals surface area contributed by atoms with Gasteiger partial charge in [0, 0.05) is 18.8 Å². The van der Waals surface area contributed by atoms with Crippen LogP contribution < -0.4 is 10.5 Å². The monoisotopic (exact) mass is 310 g/mol. The van der Waals surface area contributed by atoms with E-state index in [0.717, 1.165) is 18.4 Å². The van der Waals surface area contributed by atoms with Crippen LogP contribution in [-0.2, 0) is 19.9 Å². The van der Waals surface area contributed by atoms with Crippen molar-refractivity contribution >= 4 is 19.9 Å². The van der Waals surface area contributed by atoms with Crippen molar-refractivity contribution in [3.05, 3.63) is 24.0 Å². The van der Waals surface area contributed by atoms with Crippen LogP contribution in [0.15, 0.2) is 28.0 Å². The summed E-state index contributed by atoms with van der Waals surface area (Å²) < 4.78 is 61.9. The Bertz CT molecular complexity index is 671. The number of hydrogen-bond acceptors (Lipinski definition) is 5. The lowest BCUT2D eigenvalue weighted by Gasteiger charge is -2.12. The van der Waals surface area contributed by atoms with E-state index in [1.54, 1.807) is 6.92 Å². The van der Waals surface area contributed by atoms with E-state index in [4.69, 9.17) is 5.73 Å². The van der Waals surface area contributed by atoms with Gasteiger partial charge in [-0.05, 0) is 25.1 Å². The van der Waals surface area contributed by atoms with Gasteiger partial charge in [-0.25, -0.2) is 25.9 Å². The third kappa shape index (κ3) is 3.96. The lowest BCUT2D eigenvalue weighted by atomic mass is 10.3. The van der Waals surface area contributed by atoms with Crippen LogP contribution in [0.2, 0.25) is 0 Å². The summed E-state index contributed by atoms with van der Waals surface area (Å²) in [5, 5.41) is 0. The number of nitrogens with one attached hydrogen (secondary N) is 1. The second kappa shape index (κ2) is 5.53. The molecule has 1 aromatic rings. The first-order chi connectivity index (χ1) is 8.58. The van der Waals surface area contributed by atoms with Crippen LogP contribution in [0.3, 0.4) is 0 Å². The molecule has 108 valence electrons. The van der Waals surface area contributed by atoms with Crippen LogP contribution in [0.4, 0.5) is 4.39 Å². The molecule has 0 unspecified atom stereocenters. The third-order valence-corrected chi connectivity index (χ3v) is 5.04. The molecule has 0 spiro atoms. The molecule has 0 aliphatic rings. The van der Waals surface area contributed by atoms with Crippen LogP contribution in [0.25, 0.3) is 0 Å². The van der Waals surface area contributed by atoms with Crippen molar-refractivity contribution in [1.82, 2.24) is 4.72 Å². The molecule has 19 heavy (non-hydrogen) atoms. The van der Waals surface area contributed by atoms with E-state index in [1.165, 1.54) is 0 Å². The van der Waals surface area contributed by atoms with Gasteiger partial charge in [0.25, 0.3) is 0 Å². The molecule has 9 heteroatoms. The summed E-state index contributed by atoms with van der Waals surface area (Å²) in [4.78, 5) is -0.893. The fourth-order valence-electron chi connectivity index (χ4n) is 1.33. The fourth-order valence-corrected chi connectivity index (χ4v) is 3.33. The zero-order valence-corrected chi connectivity index (χ0v) is 12.1. The Kier molecular flexibility index (Phi) is 4.67. The van der Waals surface area contributed by atoms with Crippen LogP contribution in [0.5, 0.6) is 0 Å². The third-order valence-electron chi connectivity index (χ3n) is 2.32. The zero-order valence-electron chi connectivity index (χ0n) is 10.4. The highest BCUT2D eigenvalue weighted by atomic mass is 32.2. The maximum absolute atomic E-state index is 13.6. The van der Waals surface area contributed by atoms with Gasteiger partial charge < -0.3 is 5.73 Å². The van der Waals surface area contributed by atoms with Gasteiger partial charge in [0.15, 0.2) is 9.84 Å². The Morgan fingerprint density at radius 2 is 1.89 bits per heavy atom. The van der Waals surface area contributed by atoms with Crippen molar-refractivity contribution < 1.29 is 21.2 Å². The second-order valence-corrected chi connectivity index (χ2v) is 7.82. The molecule has 6 nitrogen and oxygen atoms in total. The molecular formula is C10H15FN2O4S2. The highest BCUT2D eigenvalue weighted by Gasteiger charge is 2.21. The van der Waals surface area contributed by atoms with Crippen molar-refractivity contribution in [2.75, 3.05) is 12.8 Å². The highest BCUT2D eigenvalue weighted by molar-refractivity contribution is 7.90. The van der Waals surface area contributed by atoms with E-state index >= 15 is 0 Å². The van der Waals surface area contributed by atoms with Gasteiger partial charge in [0.05, 0.1) is 4.90 Å². The van der Waals surface area contributed by atoms with E-state index in [9.17, 15) is 21.2 Å². The maximum Gasteiger partial charge on any atom is 0.240 e. The molecular weight excluding hydrogens is 295 g/mol. The Hall–Kier alpha value is -1.03. The molecule has 1 atom stereocenters. The Labute approximate surface area is 111 Å². The molecule has 0 aromatic heterocycles. The quantitative estimate of drug-likeness (QED) is 0.787. The summed E-state index contributed by atoms with van der Waals surface area (Å²) in [6.45, 7) is 1.64. The molecule has 0 saturated carbocycles. The average Bonchev–Trinajstić information content (AvgIpc) is 2.26. The van der Waals surface area contributed by atoms with Crippen molar-refractivity contribution in [3.63, 3.8) is 0 Å². The van der Waals surface area contributed by atoms with Gasteiger partial charge in [0.1, 0.15) is 10.7 Å². The lowest BCUT2D eigenvalue weighted by molar-refractivity contribution is 0.552. The average molecular weight is 310 g/mol. The van der Waals surface area contributed by atoms with E-state index in [2.05, 4.69) is 4.72 Å². The topological polar surface area (TPSA) is 106 Å². The van der Waals surface area contributed by atoms with Crippen molar-refractivity contribution in [2.45, 2.75) is 22.8 Å². The minimum atomic E-state index is -3.92. The number of sulfone groups is 1. The Balaban J connectivity index is 3.22. The smallest absolute Gasteiger partial charge is 0.240 e. The number of sulfonamides is 1. The number of nitrogens with two attached hydrogens (primary N) is 1. The van der Waals surface area contributed by atoms with Crippen LogP contribution in [0, 0.1) is 5.82 Å². The molecule has 0 bridgehead atoms. The van der Waals surface area contributed by atoms with Gasteiger partial charge in [-0.15, -0.1) is 0 Å². The molecule has 0 aliphatic heterocycles. The van der Waals surface area contributed by atoms with E-state index < -0.39 is 36.6 Å². The van der Waals surface area contributed by atoms with Gasteiger partial charge in [-0.3, -0.25) is 0 Å². The highest BCUT2D eigenvalue weighted by Crippen LogP contribution is 2.19. The summed E-state index contributed by atoms with van der Waals surface area (Å²) in [5.74, 6) is -1.11. The Morgan fingerprint density at radius 3 is 2.32 bits per heavy atom. The number of hydrogen-bond donors (Lipinski definition) is 2. The summed E-state index contributed by atoms with van der Waals surface area (Å²) in [6, 6.07) is 2.11. The van der Waals surface area contributed by atoms with Gasteiger partial charge in [-0.2, -0.15) is 0 Å². The molecule has 0 aliphatic carbocycles. The largest absolute Gasteiger partial charge is 0.329 e. The summed E-state index contributed by atoms with van der Waals surface area (Å²) in [6.07, 6.45) is 0.842. The number of halogens is 1. The summed E-state index contributed by atoms with van der Waals surface area (Å²) in [7, 11) is -7.65. The second-order valence-electron chi connectivity index (χ2n) is 4.12. The fraction of sp³-hybridized carbons (Fsp3) is 0.400. The van der Waals surface area contributed by atoms with Crippen molar-refractivity contribution in [3.8, 4) is 0 Å². The predicted molar refractivity (Wildman–Crippen MR) is 68.3 cm³/mol. The van der Waals surface area contributed by atoms with Crippen molar-refractivity contribution in [2.24, 2.45) is 5.73 Å². The lowest BCUT2D eigenvalue weighted by Crippen LogP contribution is -2.37. The van der Waals surface area contributed by atoms with E-state index in [1.807, 2.05) is 0 Å². The zero-order chi connectivity index (χ0) is 14.8. The molecule has 1 aromatic carbocycles. The van der Waals surface area contributed by atoms with E-state index in [-0.39, 0.29) is 11.4 Å². The molecule has 0 amide bonds. The molecule has 0 heterocycles. The normalized spacial score (nSPS) is 14.3. The number of benzene rings is 1. The minimum absolute atomic E-state index is 0.0864. The molecule has 0 radical (unpaired) electrons. The molecule has 3 N–H and O–H groups in total. The van der Waals surface area contributed by atoms with Gasteiger partial charge >= 0.3 is 0 Å². The maximum atomic E-state index is 13.6. The first kappa shape index (κ1) is 16.0. The van der Waals surface area contributed by atoms with E-state index in [0.29, 0.717) is 6.07 Å². The van der Waals surface area contributed by atoms with Gasteiger partial charge in [0.2, 0.25) is 10.0 Å². The SMILES string of the molecule is C[C@@H](CN)NS(=O)(=O)c1ccc(S(C)(=O)=O)c(F)c1. The first-order valence-electron chi connectivity index (χ1n) is 5.30. The van der Waals surface area contributed by atoms with Crippen LogP contribution in [-0.4, -0.2) is 35.7 Å². The van der Waals surface area contributed by atoms with Crippen LogP contribution in [0.1, 0.15) is 6.92 Å². The molecule has 0 saturated heterocycles. The van der Waals surface area contributed by atoms with Crippen molar-refractivity contribution in [1.29, 1.82) is 0 Å². The molecule has 1 rings (SSSR count). The first-order valence-corrected chi connectivity index (χ1v) is 8.67. The predicted octanol–water partition coefficient (Wildman–Crippen LogP) is -0.145. The Morgan fingerprint density at radius 1 is 1.32 bits per heavy atom.